The molecule has 1 amide bonds. The summed E-state index contributed by atoms with van der Waals surface area (Å²) in [6.07, 6.45) is -0.220. The van der Waals surface area contributed by atoms with Gasteiger partial charge in [0.05, 0.1) is 11.8 Å². The number of amides is 1. The quantitative estimate of drug-likeness (QED) is 0.786. The number of nitrogens with one attached hydrogen (secondary N) is 2. The maximum absolute atomic E-state index is 12.2. The van der Waals surface area contributed by atoms with E-state index in [4.69, 9.17) is 4.74 Å². The number of ether oxygens (including phenoxy) is 1. The van der Waals surface area contributed by atoms with Crippen molar-refractivity contribution >= 4 is 16.1 Å². The summed E-state index contributed by atoms with van der Waals surface area (Å²) in [5.41, 5.74) is 0.300. The highest BCUT2D eigenvalue weighted by Gasteiger charge is 2.24. The van der Waals surface area contributed by atoms with Crippen molar-refractivity contribution < 1.29 is 17.9 Å². The molecule has 1 atom stereocenters. The molecule has 1 aromatic carbocycles. The van der Waals surface area contributed by atoms with E-state index in [0.29, 0.717) is 6.42 Å². The van der Waals surface area contributed by atoms with Crippen LogP contribution in [0.1, 0.15) is 40.2 Å². The Kier molecular flexibility index (Phi) is 7.23. The lowest BCUT2D eigenvalue weighted by molar-refractivity contribution is 0.0509. The summed E-state index contributed by atoms with van der Waals surface area (Å²) < 4.78 is 32.2. The molecule has 24 heavy (non-hydrogen) atoms. The zero-order valence-electron chi connectivity index (χ0n) is 15.0. The van der Waals surface area contributed by atoms with Crippen LogP contribution in [0.4, 0.5) is 4.79 Å². The minimum atomic E-state index is -3.51. The topological polar surface area (TPSA) is 84.5 Å². The second kappa shape index (κ2) is 8.48. The minimum Gasteiger partial charge on any atom is -0.444 e. The van der Waals surface area contributed by atoms with E-state index in [1.807, 2.05) is 30.3 Å². The normalized spacial score (nSPS) is 13.6. The van der Waals surface area contributed by atoms with Crippen LogP contribution in [-0.4, -0.2) is 37.9 Å². The lowest BCUT2D eigenvalue weighted by Crippen LogP contribution is -2.46. The van der Waals surface area contributed by atoms with E-state index in [-0.39, 0.29) is 11.8 Å². The maximum Gasteiger partial charge on any atom is 0.407 e. The minimum absolute atomic E-state index is 0.200. The Hall–Kier alpha value is -1.60. The third-order valence-corrected chi connectivity index (χ3v) is 4.55. The van der Waals surface area contributed by atoms with Gasteiger partial charge in [-0.15, -0.1) is 0 Å². The first kappa shape index (κ1) is 20.4. The van der Waals surface area contributed by atoms with E-state index in [9.17, 15) is 13.2 Å². The lowest BCUT2D eigenvalue weighted by atomic mass is 10.1. The Morgan fingerprint density at radius 3 is 2.25 bits per heavy atom. The van der Waals surface area contributed by atoms with E-state index in [1.54, 1.807) is 34.6 Å². The molecular weight excluding hydrogens is 328 g/mol. The zero-order valence-corrected chi connectivity index (χ0v) is 15.8. The van der Waals surface area contributed by atoms with Gasteiger partial charge in [0.15, 0.2) is 0 Å². The second-order valence-electron chi connectivity index (χ2n) is 7.09. The van der Waals surface area contributed by atoms with Gasteiger partial charge in [-0.3, -0.25) is 0 Å². The molecule has 1 aromatic rings. The summed E-state index contributed by atoms with van der Waals surface area (Å²) in [6, 6.07) is 8.64. The summed E-state index contributed by atoms with van der Waals surface area (Å²) in [5, 5.41) is 2.67. The van der Waals surface area contributed by atoms with Crippen LogP contribution in [-0.2, 0) is 21.2 Å². The average Bonchev–Trinajstić information content (AvgIpc) is 2.34. The summed E-state index contributed by atoms with van der Waals surface area (Å²) in [6.45, 7) is 8.79. The fourth-order valence-corrected chi connectivity index (χ4v) is 3.74. The largest absolute Gasteiger partial charge is 0.444 e. The van der Waals surface area contributed by atoms with Crippen molar-refractivity contribution in [3.8, 4) is 0 Å². The first-order chi connectivity index (χ1) is 11.0. The molecule has 0 aliphatic heterocycles. The summed E-state index contributed by atoms with van der Waals surface area (Å²) in [7, 11) is -3.51. The predicted octanol–water partition coefficient (Wildman–Crippen LogP) is 2.45. The van der Waals surface area contributed by atoms with Crippen LogP contribution in [0.5, 0.6) is 0 Å². The van der Waals surface area contributed by atoms with Crippen LogP contribution in [0, 0.1) is 0 Å². The van der Waals surface area contributed by atoms with Crippen molar-refractivity contribution in [3.63, 3.8) is 0 Å². The van der Waals surface area contributed by atoms with Crippen LogP contribution >= 0.6 is 0 Å². The third-order valence-electron chi connectivity index (χ3n) is 2.88. The molecule has 2 N–H and O–H groups in total. The molecule has 0 saturated carbocycles. The van der Waals surface area contributed by atoms with Gasteiger partial charge in [0.25, 0.3) is 0 Å². The molecule has 0 aliphatic carbocycles. The van der Waals surface area contributed by atoms with Crippen molar-refractivity contribution in [2.24, 2.45) is 0 Å². The van der Waals surface area contributed by atoms with Gasteiger partial charge in [-0.1, -0.05) is 30.3 Å². The van der Waals surface area contributed by atoms with Crippen LogP contribution in [0.15, 0.2) is 30.3 Å². The first-order valence-corrected chi connectivity index (χ1v) is 9.65. The molecular formula is C17H28N2O4S. The highest BCUT2D eigenvalue weighted by molar-refractivity contribution is 7.89. The Bertz CT molecular complexity index is 622. The van der Waals surface area contributed by atoms with Gasteiger partial charge >= 0.3 is 6.09 Å². The molecule has 0 unspecified atom stereocenters. The van der Waals surface area contributed by atoms with Crippen LogP contribution in [0.2, 0.25) is 0 Å². The molecule has 136 valence electrons. The molecule has 0 bridgehead atoms. The van der Waals surface area contributed by atoms with E-state index in [2.05, 4.69) is 10.0 Å². The van der Waals surface area contributed by atoms with E-state index in [1.165, 1.54) is 0 Å². The Morgan fingerprint density at radius 2 is 1.75 bits per heavy atom. The molecule has 0 spiro atoms. The van der Waals surface area contributed by atoms with Crippen molar-refractivity contribution in [1.82, 2.24) is 10.0 Å². The van der Waals surface area contributed by atoms with Crippen molar-refractivity contribution in [3.05, 3.63) is 35.9 Å². The fourth-order valence-electron chi connectivity index (χ4n) is 2.20. The maximum atomic E-state index is 12.2. The number of sulfonamides is 1. The summed E-state index contributed by atoms with van der Waals surface area (Å²) in [5.74, 6) is -0.209. The number of benzene rings is 1. The van der Waals surface area contributed by atoms with Gasteiger partial charge < -0.3 is 10.1 Å². The lowest BCUT2D eigenvalue weighted by Gasteiger charge is -2.24. The van der Waals surface area contributed by atoms with Crippen molar-refractivity contribution in [2.45, 2.75) is 58.7 Å². The molecule has 6 nitrogen and oxygen atoms in total. The molecule has 0 radical (unpaired) electrons. The van der Waals surface area contributed by atoms with Crippen molar-refractivity contribution in [2.75, 3.05) is 5.75 Å². The number of rotatable bonds is 7. The van der Waals surface area contributed by atoms with Crippen LogP contribution in [0.3, 0.4) is 0 Å². The van der Waals surface area contributed by atoms with E-state index in [0.717, 1.165) is 5.56 Å². The molecule has 7 heteroatoms. The van der Waals surface area contributed by atoms with Gasteiger partial charge in [-0.25, -0.2) is 17.9 Å². The number of carbonyl (C=O) groups is 1. The predicted molar refractivity (Wildman–Crippen MR) is 95.4 cm³/mol. The zero-order chi connectivity index (χ0) is 18.4. The summed E-state index contributed by atoms with van der Waals surface area (Å²) in [4.78, 5) is 12.0. The molecule has 0 heterocycles. The Balaban J connectivity index is 2.85. The van der Waals surface area contributed by atoms with Crippen molar-refractivity contribution in [1.29, 1.82) is 0 Å². The monoisotopic (exact) mass is 356 g/mol. The Morgan fingerprint density at radius 1 is 1.17 bits per heavy atom. The number of carbonyl (C=O) groups excluding carboxylic acids is 1. The van der Waals surface area contributed by atoms with Gasteiger partial charge in [0.1, 0.15) is 5.60 Å². The molecule has 0 saturated heterocycles. The molecule has 0 aromatic heterocycles. The third kappa shape index (κ3) is 8.88. The van der Waals surface area contributed by atoms with Crippen LogP contribution in [0.25, 0.3) is 0 Å². The van der Waals surface area contributed by atoms with Gasteiger partial charge in [-0.05, 0) is 46.6 Å². The molecule has 1 rings (SSSR count). The fraction of sp³-hybridized carbons (Fsp3) is 0.588. The van der Waals surface area contributed by atoms with E-state index >= 15 is 0 Å². The first-order valence-electron chi connectivity index (χ1n) is 8.00. The van der Waals surface area contributed by atoms with E-state index < -0.39 is 27.8 Å². The SMILES string of the molecule is CC(C)NS(=O)(=O)C[C@H](Cc1ccccc1)NC(=O)OC(C)(C)C. The van der Waals surface area contributed by atoms with Crippen LogP contribution < -0.4 is 10.0 Å². The molecule has 0 fully saturated rings. The van der Waals surface area contributed by atoms with Gasteiger partial charge in [-0.2, -0.15) is 0 Å². The average molecular weight is 356 g/mol. The highest BCUT2D eigenvalue weighted by atomic mass is 32.2. The standard InChI is InChI=1S/C17H28N2O4S/c1-13(2)19-24(21,22)12-15(11-14-9-7-6-8-10-14)18-16(20)23-17(3,4)5/h6-10,13,15,19H,11-12H2,1-5H3,(H,18,20)/t15-/m0/s1. The smallest absolute Gasteiger partial charge is 0.407 e. The molecule has 0 aliphatic rings. The highest BCUT2D eigenvalue weighted by Crippen LogP contribution is 2.09. The summed E-state index contributed by atoms with van der Waals surface area (Å²) >= 11 is 0. The number of alkyl carbamates (subject to hydrolysis) is 1. The number of hydrogen-bond acceptors (Lipinski definition) is 4. The number of hydrogen-bond donors (Lipinski definition) is 2. The second-order valence-corrected chi connectivity index (χ2v) is 8.89. The Labute approximate surface area is 145 Å². The van der Waals surface area contributed by atoms with Gasteiger partial charge in [0, 0.05) is 6.04 Å². The van der Waals surface area contributed by atoms with Gasteiger partial charge in [0.2, 0.25) is 10.0 Å².